The van der Waals surface area contributed by atoms with E-state index in [1.54, 1.807) is 0 Å². The summed E-state index contributed by atoms with van der Waals surface area (Å²) in [7, 11) is 0. The molecule has 9 aromatic rings. The van der Waals surface area contributed by atoms with Gasteiger partial charge in [-0.05, 0) is 170 Å². The number of unbranched alkanes of at least 4 members (excludes halogenated alkanes) is 54. The Hall–Kier alpha value is -8.54. The maximum Gasteiger partial charge on any atom is 0.266 e. The maximum absolute atomic E-state index is 16.8. The van der Waals surface area contributed by atoms with Crippen LogP contribution in [0.5, 0.6) is 23.0 Å². The van der Waals surface area contributed by atoms with E-state index >= 15 is 63.1 Å². The summed E-state index contributed by atoms with van der Waals surface area (Å²) in [4.78, 5) is 67.9. The second-order valence-electron chi connectivity index (χ2n) is 40.4. The zero-order valence-corrected chi connectivity index (χ0v) is 84.6. The molecule has 0 aromatic heterocycles. The molecule has 0 N–H and O–H groups in total. The standard InChI is InChI=1S/C120H160F10N2O6/c1-7-13-19-25-31-37-43-49-55-61-67-83-77-87(78-84(68-62-56-50-44-38-32-26-20-14-8-2)89(83)71-65-59-53-47-41-35-29-23-17-11-5)131-117(133)93-75-73-91-102-98(138-116-113(129)109(125)106(122)110(126)114(116)130)82-96-100-94(76-74-92(104(100)102)101-97(81-95(119(131)135)99(93)103(91)101)137-115-111(127)107(123)105(121)108(124)112(115)128)118(134)132(120(96)136)88-79-85(69-63-57-51-45-39-33-27-21-15-9-3)90(72-66-60-54-48-42-36-30-24-18-12-6)86(80-88)70-64-58-52-46-40-34-28-22-16-10-4/h73-82H,7-72H2,1-6H3. The monoisotopic (exact) mass is 1920 g/mol. The van der Waals surface area contributed by atoms with Gasteiger partial charge < -0.3 is 9.47 Å². The number of aryl methyl sites for hydroxylation is 4. The summed E-state index contributed by atoms with van der Waals surface area (Å²) in [6.45, 7) is 13.3. The third-order valence-electron chi connectivity index (χ3n) is 29.6. The molecule has 8 nitrogen and oxygen atoms in total. The molecule has 2 heterocycles. The van der Waals surface area contributed by atoms with Crippen LogP contribution in [0, 0.1) is 58.2 Å². The van der Waals surface area contributed by atoms with Crippen LogP contribution in [0.15, 0.2) is 60.7 Å². The minimum atomic E-state index is -2.49. The highest BCUT2D eigenvalue weighted by Gasteiger charge is 2.43. The van der Waals surface area contributed by atoms with Crippen molar-refractivity contribution >= 4 is 78.1 Å². The number of hydrogen-bond donors (Lipinski definition) is 0. The fourth-order valence-corrected chi connectivity index (χ4v) is 21.7. The summed E-state index contributed by atoms with van der Waals surface area (Å²) in [5.74, 6) is -32.6. The van der Waals surface area contributed by atoms with E-state index in [4.69, 9.17) is 9.47 Å². The Morgan fingerprint density at radius 3 is 0.609 bits per heavy atom. The van der Waals surface area contributed by atoms with Crippen molar-refractivity contribution in [2.45, 2.75) is 465 Å². The van der Waals surface area contributed by atoms with Gasteiger partial charge in [0.15, 0.2) is 0 Å². The molecule has 0 aliphatic carbocycles. The summed E-state index contributed by atoms with van der Waals surface area (Å²) in [5, 5.41) is -1.49. The Labute approximate surface area is 818 Å². The van der Waals surface area contributed by atoms with Gasteiger partial charge in [0, 0.05) is 43.4 Å². The fourth-order valence-electron chi connectivity index (χ4n) is 21.7. The third kappa shape index (κ3) is 28.9. The smallest absolute Gasteiger partial charge is 0.266 e. The molecule has 11 rings (SSSR count). The van der Waals surface area contributed by atoms with Crippen LogP contribution in [-0.2, 0) is 38.5 Å². The average molecular weight is 1920 g/mol. The summed E-state index contributed by atoms with van der Waals surface area (Å²) in [6, 6.07) is 15.4. The molecule has 9 aromatic carbocycles. The van der Waals surface area contributed by atoms with E-state index in [9.17, 15) is 0 Å². The normalized spacial score (nSPS) is 12.8. The predicted molar refractivity (Wildman–Crippen MR) is 549 cm³/mol. The number of ether oxygens (including phenoxy) is 2. The molecule has 0 unspecified atom stereocenters. The molecule has 138 heavy (non-hydrogen) atoms. The first kappa shape index (κ1) is 110. The fraction of sp³-hybridized carbons (Fsp3) is 0.600. The molecule has 0 radical (unpaired) electrons. The lowest BCUT2D eigenvalue weighted by molar-refractivity contribution is 0.0877. The number of amides is 4. The van der Waals surface area contributed by atoms with E-state index in [1.165, 1.54) is 241 Å². The first-order valence-corrected chi connectivity index (χ1v) is 55.0. The Kier molecular flexibility index (Phi) is 46.3. The third-order valence-corrected chi connectivity index (χ3v) is 29.6. The van der Waals surface area contributed by atoms with Crippen LogP contribution in [0.3, 0.4) is 0 Å². The lowest BCUT2D eigenvalue weighted by Crippen LogP contribution is -2.41. The molecule has 0 saturated heterocycles. The zero-order valence-electron chi connectivity index (χ0n) is 84.6. The van der Waals surface area contributed by atoms with Gasteiger partial charge >= 0.3 is 0 Å². The predicted octanol–water partition coefficient (Wildman–Crippen LogP) is 39.1. The number of anilines is 2. The number of fused-ring (bicyclic) bond motifs is 2. The van der Waals surface area contributed by atoms with Gasteiger partial charge in [-0.3, -0.25) is 19.2 Å². The van der Waals surface area contributed by atoms with Crippen molar-refractivity contribution in [3.8, 4) is 23.0 Å². The van der Waals surface area contributed by atoms with Crippen molar-refractivity contribution in [3.63, 3.8) is 0 Å². The second kappa shape index (κ2) is 58.1. The molecule has 2 aliphatic heterocycles. The van der Waals surface area contributed by atoms with Gasteiger partial charge in [0.2, 0.25) is 69.7 Å². The number of imide groups is 2. The molecule has 0 saturated carbocycles. The minimum absolute atomic E-state index is 0.124. The molecule has 2 aliphatic rings. The highest BCUT2D eigenvalue weighted by Crippen LogP contribution is 2.55. The van der Waals surface area contributed by atoms with Crippen molar-refractivity contribution in [3.05, 3.63) is 174 Å². The van der Waals surface area contributed by atoms with Gasteiger partial charge in [0.25, 0.3) is 23.6 Å². The molecule has 0 atom stereocenters. The highest BCUT2D eigenvalue weighted by atomic mass is 19.2. The van der Waals surface area contributed by atoms with E-state index in [0.29, 0.717) is 25.7 Å². The second-order valence-corrected chi connectivity index (χ2v) is 40.4. The van der Waals surface area contributed by atoms with Crippen molar-refractivity contribution in [1.82, 2.24) is 0 Å². The quantitative estimate of drug-likeness (QED) is 0.00717. The number of benzene rings is 9. The largest absolute Gasteiger partial charge is 0.450 e. The summed E-state index contributed by atoms with van der Waals surface area (Å²) in [6.07, 6.45) is 71.3. The van der Waals surface area contributed by atoms with Gasteiger partial charge in [-0.1, -0.05) is 400 Å². The number of hydrogen-bond acceptors (Lipinski definition) is 6. The van der Waals surface area contributed by atoms with E-state index in [1.807, 2.05) is 24.3 Å². The van der Waals surface area contributed by atoms with Crippen LogP contribution in [0.1, 0.15) is 502 Å². The van der Waals surface area contributed by atoms with Crippen molar-refractivity contribution < 1.29 is 72.6 Å². The van der Waals surface area contributed by atoms with Gasteiger partial charge in [0.05, 0.1) is 22.5 Å². The number of carbonyl (C=O) groups is 4. The number of nitrogens with zero attached hydrogens (tertiary/aromatic N) is 2. The van der Waals surface area contributed by atoms with Gasteiger partial charge in [-0.2, -0.15) is 17.6 Å². The number of halogens is 10. The zero-order chi connectivity index (χ0) is 98.2. The Morgan fingerprint density at radius 2 is 0.391 bits per heavy atom. The van der Waals surface area contributed by atoms with Crippen LogP contribution >= 0.6 is 0 Å². The van der Waals surface area contributed by atoms with E-state index < -0.39 is 105 Å². The van der Waals surface area contributed by atoms with Crippen molar-refractivity contribution in [2.24, 2.45) is 0 Å². The lowest BCUT2D eigenvalue weighted by Gasteiger charge is -2.32. The van der Waals surface area contributed by atoms with Crippen LogP contribution in [0.4, 0.5) is 55.3 Å². The van der Waals surface area contributed by atoms with Crippen molar-refractivity contribution in [1.29, 1.82) is 0 Å². The SMILES string of the molecule is CCCCCCCCCCCCc1cc(N2C(=O)c3ccc4c5c(Oc6c(F)c(F)c(F)c(F)c6F)cc6c7c(ccc(c8c(Oc9c(F)c(F)c(F)c(F)c9F)cc(c3c48)C2=O)c75)C(=O)N(c2cc(CCCCCCCCCCCC)c(CCCCCCCCCCCC)c(CCCCCCCCCCCC)c2)C6=O)cc(CCCCCCCCCCCC)c1CCCCCCCCCCCC. The van der Waals surface area contributed by atoms with Gasteiger partial charge in [0.1, 0.15) is 11.5 Å². The van der Waals surface area contributed by atoms with Crippen LogP contribution < -0.4 is 19.3 Å². The summed E-state index contributed by atoms with van der Waals surface area (Å²) < 4.78 is 174. The topological polar surface area (TPSA) is 93.2 Å². The van der Waals surface area contributed by atoms with E-state index in [0.717, 1.165) is 237 Å². The average Bonchev–Trinajstić information content (AvgIpc) is 0.676. The minimum Gasteiger partial charge on any atom is -0.450 e. The van der Waals surface area contributed by atoms with E-state index in [-0.39, 0.29) is 76.7 Å². The highest BCUT2D eigenvalue weighted by molar-refractivity contribution is 6.46. The Morgan fingerprint density at radius 1 is 0.203 bits per heavy atom. The molecule has 0 bridgehead atoms. The summed E-state index contributed by atoms with van der Waals surface area (Å²) >= 11 is 0. The number of rotatable bonds is 72. The Bertz CT molecular complexity index is 4930. The first-order chi connectivity index (χ1) is 67.3. The van der Waals surface area contributed by atoms with E-state index in [2.05, 4.69) is 41.5 Å². The summed E-state index contributed by atoms with van der Waals surface area (Å²) in [5.41, 5.74) is 5.87. The van der Waals surface area contributed by atoms with Crippen molar-refractivity contribution in [2.75, 3.05) is 9.80 Å². The van der Waals surface area contributed by atoms with Gasteiger partial charge in [-0.15, -0.1) is 0 Å². The lowest BCUT2D eigenvalue weighted by atomic mass is 9.81. The molecule has 18 heteroatoms. The molecule has 756 valence electrons. The molecule has 4 amide bonds. The van der Waals surface area contributed by atoms with Crippen LogP contribution in [0.25, 0.3) is 43.1 Å². The van der Waals surface area contributed by atoms with Gasteiger partial charge in [-0.25, -0.2) is 36.1 Å². The maximum atomic E-state index is 16.8. The first-order valence-electron chi connectivity index (χ1n) is 55.0. The van der Waals surface area contributed by atoms with Crippen LogP contribution in [0.2, 0.25) is 0 Å². The molecular weight excluding hydrogens is 1760 g/mol. The molecule has 0 spiro atoms. The number of carbonyl (C=O) groups excluding carboxylic acids is 4. The Balaban J connectivity index is 1.08. The molecule has 0 fully saturated rings. The van der Waals surface area contributed by atoms with Crippen LogP contribution in [-0.4, -0.2) is 23.6 Å². The molecular formula is C120H160F10N2O6.